The van der Waals surface area contributed by atoms with E-state index in [0.717, 1.165) is 27.8 Å². The number of H-pyrrole nitrogens is 1. The van der Waals surface area contributed by atoms with Crippen LogP contribution in [0.5, 0.6) is 0 Å². The molecule has 8 heteroatoms. The maximum atomic E-state index is 12.2. The molecule has 0 saturated heterocycles. The molecule has 1 aliphatic carbocycles. The third-order valence-corrected chi connectivity index (χ3v) is 4.89. The van der Waals surface area contributed by atoms with Crippen LogP contribution in [-0.2, 0) is 19.1 Å². The average Bonchev–Trinajstić information content (AvgIpc) is 3.30. The Morgan fingerprint density at radius 3 is 2.03 bits per heavy atom. The molecule has 3 aromatic rings. The molecule has 0 spiro atoms. The largest absolute Gasteiger partial charge is 0.453 e. The van der Waals surface area contributed by atoms with Gasteiger partial charge in [0.2, 0.25) is 5.82 Å². The Morgan fingerprint density at radius 1 is 0.897 bits per heavy atom. The van der Waals surface area contributed by atoms with Crippen LogP contribution in [0.4, 0.5) is 0 Å². The van der Waals surface area contributed by atoms with E-state index in [0.29, 0.717) is 5.82 Å². The number of nitrogens with one attached hydrogen (secondary N) is 1. The van der Waals surface area contributed by atoms with E-state index in [4.69, 9.17) is 9.47 Å². The van der Waals surface area contributed by atoms with E-state index in [-0.39, 0.29) is 24.8 Å². The van der Waals surface area contributed by atoms with Crippen LogP contribution >= 0.6 is 0 Å². The SMILES string of the molecule is CCC(=O)OC1c2ccccc2C(OC(=O)CC)c2cc(-c3nn[nH]n3)ccc21. The number of carbonyl (C=O) groups excluding carboxylic acids is 2. The van der Waals surface area contributed by atoms with Crippen molar-refractivity contribution in [2.45, 2.75) is 38.9 Å². The topological polar surface area (TPSA) is 107 Å². The maximum absolute atomic E-state index is 12.2. The molecule has 0 amide bonds. The fraction of sp³-hybridized carbons (Fsp3) is 0.286. The summed E-state index contributed by atoms with van der Waals surface area (Å²) in [6.07, 6.45) is -0.669. The number of nitrogens with zero attached hydrogens (tertiary/aromatic N) is 3. The lowest BCUT2D eigenvalue weighted by atomic mass is 9.81. The monoisotopic (exact) mass is 392 g/mol. The van der Waals surface area contributed by atoms with Gasteiger partial charge >= 0.3 is 11.9 Å². The first-order valence-corrected chi connectivity index (χ1v) is 9.47. The summed E-state index contributed by atoms with van der Waals surface area (Å²) in [7, 11) is 0. The van der Waals surface area contributed by atoms with Crippen molar-refractivity contribution in [1.82, 2.24) is 20.6 Å². The number of aromatic nitrogens is 4. The van der Waals surface area contributed by atoms with Crippen molar-refractivity contribution in [2.24, 2.45) is 0 Å². The number of tetrazole rings is 1. The summed E-state index contributed by atoms with van der Waals surface area (Å²) in [6.45, 7) is 3.50. The molecule has 1 N–H and O–H groups in total. The van der Waals surface area contributed by atoms with E-state index in [1.165, 1.54) is 0 Å². The molecule has 0 saturated carbocycles. The third kappa shape index (κ3) is 3.49. The molecule has 148 valence electrons. The van der Waals surface area contributed by atoms with Crippen molar-refractivity contribution in [3.8, 4) is 11.4 Å². The Balaban J connectivity index is 1.88. The highest BCUT2D eigenvalue weighted by Gasteiger charge is 2.36. The van der Waals surface area contributed by atoms with E-state index in [1.807, 2.05) is 42.5 Å². The molecule has 2 unspecified atom stereocenters. The minimum atomic E-state index is -0.614. The highest BCUT2D eigenvalue weighted by atomic mass is 16.6. The summed E-state index contributed by atoms with van der Waals surface area (Å²) in [5.41, 5.74) is 3.83. The van der Waals surface area contributed by atoms with Crippen LogP contribution in [0.1, 0.15) is 61.2 Å². The second kappa shape index (κ2) is 7.83. The molecule has 2 aromatic carbocycles. The zero-order valence-corrected chi connectivity index (χ0v) is 16.1. The second-order valence-electron chi connectivity index (χ2n) is 6.65. The van der Waals surface area contributed by atoms with Gasteiger partial charge in [-0.15, -0.1) is 10.2 Å². The van der Waals surface area contributed by atoms with Crippen LogP contribution in [0, 0.1) is 0 Å². The Labute approximate surface area is 167 Å². The third-order valence-electron chi connectivity index (χ3n) is 4.89. The van der Waals surface area contributed by atoms with Gasteiger partial charge in [-0.2, -0.15) is 5.21 Å². The minimum absolute atomic E-state index is 0.257. The highest BCUT2D eigenvalue weighted by Crippen LogP contribution is 2.45. The van der Waals surface area contributed by atoms with Crippen LogP contribution in [0.3, 0.4) is 0 Å². The van der Waals surface area contributed by atoms with Gasteiger partial charge in [0, 0.05) is 40.7 Å². The Hall–Kier alpha value is -3.55. The normalized spacial score (nSPS) is 17.2. The molecule has 0 radical (unpaired) electrons. The first kappa shape index (κ1) is 18.8. The standard InChI is InChI=1S/C21H20N4O4/c1-3-17(26)28-19-13-7-5-6-8-14(13)20(29-18(27)4-2)16-11-12(9-10-15(16)19)21-22-24-25-23-21/h5-11,19-20H,3-4H2,1-2H3,(H,22,23,24,25). The number of esters is 2. The van der Waals surface area contributed by atoms with Crippen molar-refractivity contribution in [1.29, 1.82) is 0 Å². The van der Waals surface area contributed by atoms with Gasteiger partial charge in [-0.25, -0.2) is 0 Å². The lowest BCUT2D eigenvalue weighted by Crippen LogP contribution is -2.25. The van der Waals surface area contributed by atoms with Crippen molar-refractivity contribution in [3.63, 3.8) is 0 Å². The van der Waals surface area contributed by atoms with Crippen LogP contribution < -0.4 is 0 Å². The van der Waals surface area contributed by atoms with E-state index in [1.54, 1.807) is 13.8 Å². The summed E-state index contributed by atoms with van der Waals surface area (Å²) < 4.78 is 11.6. The van der Waals surface area contributed by atoms with Gasteiger partial charge in [0.1, 0.15) is 0 Å². The number of hydrogen-bond donors (Lipinski definition) is 1. The lowest BCUT2D eigenvalue weighted by Gasteiger charge is -2.33. The molecule has 0 aliphatic heterocycles. The number of fused-ring (bicyclic) bond motifs is 2. The zero-order chi connectivity index (χ0) is 20.4. The maximum Gasteiger partial charge on any atom is 0.306 e. The van der Waals surface area contributed by atoms with Crippen molar-refractivity contribution >= 4 is 11.9 Å². The van der Waals surface area contributed by atoms with Crippen LogP contribution in [0.25, 0.3) is 11.4 Å². The first-order valence-electron chi connectivity index (χ1n) is 9.47. The second-order valence-corrected chi connectivity index (χ2v) is 6.65. The number of benzene rings is 2. The molecule has 0 bridgehead atoms. The fourth-order valence-electron chi connectivity index (χ4n) is 3.47. The number of aromatic amines is 1. The molecule has 1 heterocycles. The Morgan fingerprint density at radius 2 is 1.48 bits per heavy atom. The van der Waals surface area contributed by atoms with E-state index < -0.39 is 12.2 Å². The van der Waals surface area contributed by atoms with E-state index in [2.05, 4.69) is 20.6 Å². The molecule has 1 aliphatic rings. The molecular formula is C21H20N4O4. The van der Waals surface area contributed by atoms with Gasteiger partial charge in [0.25, 0.3) is 0 Å². The summed E-state index contributed by atoms with van der Waals surface area (Å²) in [5.74, 6) is -0.193. The molecule has 29 heavy (non-hydrogen) atoms. The predicted molar refractivity (Wildman–Crippen MR) is 103 cm³/mol. The van der Waals surface area contributed by atoms with Crippen LogP contribution in [0.2, 0.25) is 0 Å². The number of ether oxygens (including phenoxy) is 2. The highest BCUT2D eigenvalue weighted by molar-refractivity contribution is 5.72. The van der Waals surface area contributed by atoms with Gasteiger partial charge in [-0.05, 0) is 11.3 Å². The molecule has 2 atom stereocenters. The van der Waals surface area contributed by atoms with Gasteiger partial charge in [-0.1, -0.05) is 50.2 Å². The molecule has 0 fully saturated rings. The summed E-state index contributed by atoms with van der Waals surface area (Å²) >= 11 is 0. The molecule has 1 aromatic heterocycles. The van der Waals surface area contributed by atoms with Gasteiger partial charge in [0.15, 0.2) is 12.2 Å². The van der Waals surface area contributed by atoms with Crippen molar-refractivity contribution < 1.29 is 19.1 Å². The summed E-state index contributed by atoms with van der Waals surface area (Å²) in [5, 5.41) is 14.1. The lowest BCUT2D eigenvalue weighted by molar-refractivity contribution is -0.150. The van der Waals surface area contributed by atoms with E-state index >= 15 is 0 Å². The number of rotatable bonds is 5. The fourth-order valence-corrected chi connectivity index (χ4v) is 3.47. The van der Waals surface area contributed by atoms with Crippen molar-refractivity contribution in [2.75, 3.05) is 0 Å². The zero-order valence-electron chi connectivity index (χ0n) is 16.1. The number of hydrogen-bond acceptors (Lipinski definition) is 7. The Bertz CT molecular complexity index is 1050. The van der Waals surface area contributed by atoms with Gasteiger partial charge in [0.05, 0.1) is 0 Å². The average molecular weight is 392 g/mol. The number of carbonyl (C=O) groups is 2. The van der Waals surface area contributed by atoms with Crippen LogP contribution in [-0.4, -0.2) is 32.6 Å². The molecule has 4 rings (SSSR count). The Kier molecular flexibility index (Phi) is 5.07. The molecular weight excluding hydrogens is 372 g/mol. The first-order chi connectivity index (χ1) is 14.1. The summed E-state index contributed by atoms with van der Waals surface area (Å²) in [4.78, 5) is 24.3. The minimum Gasteiger partial charge on any atom is -0.453 e. The van der Waals surface area contributed by atoms with Gasteiger partial charge in [-0.3, -0.25) is 9.59 Å². The van der Waals surface area contributed by atoms with Gasteiger partial charge < -0.3 is 9.47 Å². The molecule has 8 nitrogen and oxygen atoms in total. The smallest absolute Gasteiger partial charge is 0.306 e. The van der Waals surface area contributed by atoms with Crippen molar-refractivity contribution in [3.05, 3.63) is 64.7 Å². The van der Waals surface area contributed by atoms with E-state index in [9.17, 15) is 9.59 Å². The quantitative estimate of drug-likeness (QED) is 0.664. The predicted octanol–water partition coefficient (Wildman–Crippen LogP) is 3.27. The summed E-state index contributed by atoms with van der Waals surface area (Å²) in [6, 6.07) is 13.1. The van der Waals surface area contributed by atoms with Crippen LogP contribution in [0.15, 0.2) is 42.5 Å².